The van der Waals surface area contributed by atoms with Crippen molar-refractivity contribution in [2.24, 2.45) is 0 Å². The summed E-state index contributed by atoms with van der Waals surface area (Å²) in [6.45, 7) is 2.26. The molecule has 0 radical (unpaired) electrons. The molecule has 0 fully saturated rings. The minimum atomic E-state index is -3.75. The number of aryl methyl sites for hydroxylation is 1. The van der Waals surface area contributed by atoms with Gasteiger partial charge < -0.3 is 5.32 Å². The van der Waals surface area contributed by atoms with Gasteiger partial charge in [-0.2, -0.15) is 0 Å². The lowest BCUT2D eigenvalue weighted by atomic mass is 9.99. The summed E-state index contributed by atoms with van der Waals surface area (Å²) in [5, 5.41) is 2.81. The van der Waals surface area contributed by atoms with E-state index in [2.05, 4.69) is 5.32 Å². The standard InChI is InChI=1S/C29H24N2O4S/c1-20-11-16-26(25(19-20)28(32)22-8-3-2-4-9-22)30-29(33)23-12-14-24(15-13-23)36(34,35)31-18-17-21-7-5-6-10-27(21)31/h2-16,19H,17-18H2,1H3,(H,30,33). The van der Waals surface area contributed by atoms with Crippen molar-refractivity contribution in [2.75, 3.05) is 16.2 Å². The van der Waals surface area contributed by atoms with Crippen molar-refractivity contribution in [1.82, 2.24) is 0 Å². The highest BCUT2D eigenvalue weighted by molar-refractivity contribution is 7.92. The Morgan fingerprint density at radius 1 is 0.806 bits per heavy atom. The summed E-state index contributed by atoms with van der Waals surface area (Å²) in [6, 6.07) is 27.4. The highest BCUT2D eigenvalue weighted by atomic mass is 32.2. The van der Waals surface area contributed by atoms with Gasteiger partial charge in [0.25, 0.3) is 15.9 Å². The molecule has 4 aromatic rings. The summed E-state index contributed by atoms with van der Waals surface area (Å²) in [5.41, 5.74) is 4.17. The molecular formula is C29H24N2O4S. The minimum absolute atomic E-state index is 0.117. The van der Waals surface area contributed by atoms with Crippen LogP contribution in [0.15, 0.2) is 102 Å². The van der Waals surface area contributed by atoms with Gasteiger partial charge in [-0.3, -0.25) is 13.9 Å². The Morgan fingerprint density at radius 2 is 1.50 bits per heavy atom. The number of para-hydroxylation sites is 1. The predicted molar refractivity (Wildman–Crippen MR) is 140 cm³/mol. The highest BCUT2D eigenvalue weighted by Gasteiger charge is 2.30. The van der Waals surface area contributed by atoms with E-state index in [0.29, 0.717) is 35.5 Å². The summed E-state index contributed by atoms with van der Waals surface area (Å²) < 4.78 is 27.9. The van der Waals surface area contributed by atoms with E-state index in [0.717, 1.165) is 11.1 Å². The molecule has 6 nitrogen and oxygen atoms in total. The molecule has 36 heavy (non-hydrogen) atoms. The zero-order valence-corrected chi connectivity index (χ0v) is 20.5. The molecule has 0 saturated carbocycles. The van der Waals surface area contributed by atoms with Crippen LogP contribution in [0.25, 0.3) is 0 Å². The summed E-state index contributed by atoms with van der Waals surface area (Å²) in [5.74, 6) is -0.627. The normalized spacial score (nSPS) is 12.8. The number of rotatable bonds is 6. The van der Waals surface area contributed by atoms with E-state index >= 15 is 0 Å². The van der Waals surface area contributed by atoms with Crippen LogP contribution in [-0.4, -0.2) is 26.7 Å². The van der Waals surface area contributed by atoms with Crippen molar-refractivity contribution in [1.29, 1.82) is 0 Å². The predicted octanol–water partition coefficient (Wildman–Crippen LogP) is 5.23. The van der Waals surface area contributed by atoms with Gasteiger partial charge in [-0.1, -0.05) is 60.2 Å². The fourth-order valence-corrected chi connectivity index (χ4v) is 5.86. The van der Waals surface area contributed by atoms with Gasteiger partial charge in [0.05, 0.1) is 16.3 Å². The molecular weight excluding hydrogens is 472 g/mol. The lowest BCUT2D eigenvalue weighted by Crippen LogP contribution is -2.29. The number of amides is 1. The topological polar surface area (TPSA) is 83.6 Å². The maximum absolute atomic E-state index is 13.2. The molecule has 1 N–H and O–H groups in total. The fourth-order valence-electron chi connectivity index (χ4n) is 4.36. The maximum atomic E-state index is 13.2. The maximum Gasteiger partial charge on any atom is 0.264 e. The Bertz CT molecular complexity index is 1560. The molecule has 7 heteroatoms. The number of benzene rings is 4. The molecule has 0 aliphatic carbocycles. The van der Waals surface area contributed by atoms with E-state index in [4.69, 9.17) is 0 Å². The molecule has 4 aromatic carbocycles. The quantitative estimate of drug-likeness (QED) is 0.371. The number of ketones is 1. The van der Waals surface area contributed by atoms with Crippen LogP contribution in [0.2, 0.25) is 0 Å². The summed E-state index contributed by atoms with van der Waals surface area (Å²) in [6.07, 6.45) is 0.663. The third kappa shape index (κ3) is 4.41. The van der Waals surface area contributed by atoms with Crippen molar-refractivity contribution in [3.05, 3.63) is 125 Å². The highest BCUT2D eigenvalue weighted by Crippen LogP contribution is 2.32. The van der Waals surface area contributed by atoms with Gasteiger partial charge in [-0.25, -0.2) is 8.42 Å². The summed E-state index contributed by atoms with van der Waals surface area (Å²) >= 11 is 0. The van der Waals surface area contributed by atoms with Crippen molar-refractivity contribution in [3.63, 3.8) is 0 Å². The number of fused-ring (bicyclic) bond motifs is 1. The van der Waals surface area contributed by atoms with E-state index in [1.165, 1.54) is 28.6 Å². The van der Waals surface area contributed by atoms with Gasteiger partial charge in [0.2, 0.25) is 0 Å². The zero-order chi connectivity index (χ0) is 25.3. The molecule has 1 aliphatic rings. The smallest absolute Gasteiger partial charge is 0.264 e. The Balaban J connectivity index is 1.38. The Hall–Kier alpha value is -4.23. The molecule has 0 atom stereocenters. The molecule has 0 saturated heterocycles. The molecule has 180 valence electrons. The van der Waals surface area contributed by atoms with Crippen molar-refractivity contribution in [3.8, 4) is 0 Å². The van der Waals surface area contributed by atoms with Crippen molar-refractivity contribution < 1.29 is 18.0 Å². The van der Waals surface area contributed by atoms with Crippen LogP contribution in [0.5, 0.6) is 0 Å². The Labute approximate surface area is 210 Å². The van der Waals surface area contributed by atoms with Crippen LogP contribution in [0, 0.1) is 6.92 Å². The largest absolute Gasteiger partial charge is 0.321 e. The minimum Gasteiger partial charge on any atom is -0.321 e. The number of hydrogen-bond acceptors (Lipinski definition) is 4. The first-order valence-electron chi connectivity index (χ1n) is 11.6. The van der Waals surface area contributed by atoms with Crippen LogP contribution in [0.3, 0.4) is 0 Å². The molecule has 0 bridgehead atoms. The SMILES string of the molecule is Cc1ccc(NC(=O)c2ccc(S(=O)(=O)N3CCc4ccccc43)cc2)c(C(=O)c2ccccc2)c1. The second-order valence-corrected chi connectivity index (χ2v) is 10.5. The van der Waals surface area contributed by atoms with Crippen LogP contribution in [0.4, 0.5) is 11.4 Å². The first kappa shape index (κ1) is 23.5. The third-order valence-electron chi connectivity index (χ3n) is 6.25. The van der Waals surface area contributed by atoms with Crippen LogP contribution < -0.4 is 9.62 Å². The molecule has 0 spiro atoms. The van der Waals surface area contributed by atoms with E-state index in [-0.39, 0.29) is 16.2 Å². The molecule has 1 heterocycles. The zero-order valence-electron chi connectivity index (χ0n) is 19.6. The van der Waals surface area contributed by atoms with Crippen molar-refractivity contribution >= 4 is 33.1 Å². The summed E-state index contributed by atoms with van der Waals surface area (Å²) in [7, 11) is -3.75. The lowest BCUT2D eigenvalue weighted by Gasteiger charge is -2.19. The van der Waals surface area contributed by atoms with E-state index in [9.17, 15) is 18.0 Å². The van der Waals surface area contributed by atoms with Crippen molar-refractivity contribution in [2.45, 2.75) is 18.2 Å². The van der Waals surface area contributed by atoms with Gasteiger partial charge >= 0.3 is 0 Å². The molecule has 0 aromatic heterocycles. The van der Waals surface area contributed by atoms with E-state index in [1.807, 2.05) is 37.3 Å². The second kappa shape index (κ2) is 9.43. The van der Waals surface area contributed by atoms with E-state index < -0.39 is 15.9 Å². The monoisotopic (exact) mass is 496 g/mol. The number of sulfonamides is 1. The first-order chi connectivity index (χ1) is 17.3. The number of anilines is 2. The number of nitrogens with zero attached hydrogens (tertiary/aromatic N) is 1. The van der Waals surface area contributed by atoms with E-state index in [1.54, 1.807) is 42.5 Å². The van der Waals surface area contributed by atoms with Gasteiger partial charge in [-0.15, -0.1) is 0 Å². The Morgan fingerprint density at radius 3 is 2.25 bits per heavy atom. The molecule has 0 unspecified atom stereocenters. The van der Waals surface area contributed by atoms with Crippen LogP contribution >= 0.6 is 0 Å². The van der Waals surface area contributed by atoms with Crippen LogP contribution in [-0.2, 0) is 16.4 Å². The second-order valence-electron chi connectivity index (χ2n) is 8.68. The number of carbonyl (C=O) groups is 2. The average Bonchev–Trinajstić information content (AvgIpc) is 3.35. The fraction of sp³-hybridized carbons (Fsp3) is 0.103. The lowest BCUT2D eigenvalue weighted by molar-refractivity contribution is 0.102. The third-order valence-corrected chi connectivity index (χ3v) is 8.08. The van der Waals surface area contributed by atoms with Gasteiger partial charge in [0, 0.05) is 23.2 Å². The molecule has 5 rings (SSSR count). The van der Waals surface area contributed by atoms with Crippen LogP contribution in [0.1, 0.15) is 37.4 Å². The number of nitrogens with one attached hydrogen (secondary N) is 1. The number of hydrogen-bond donors (Lipinski definition) is 1. The first-order valence-corrected chi connectivity index (χ1v) is 13.0. The average molecular weight is 497 g/mol. The van der Waals surface area contributed by atoms with Gasteiger partial charge in [-0.05, 0) is 61.4 Å². The Kier molecular flexibility index (Phi) is 6.16. The number of carbonyl (C=O) groups excluding carboxylic acids is 2. The molecule has 1 aliphatic heterocycles. The van der Waals surface area contributed by atoms with Gasteiger partial charge in [0.15, 0.2) is 5.78 Å². The summed E-state index contributed by atoms with van der Waals surface area (Å²) in [4.78, 5) is 26.2. The molecule has 1 amide bonds. The van der Waals surface area contributed by atoms with Gasteiger partial charge in [0.1, 0.15) is 0 Å².